The highest BCUT2D eigenvalue weighted by Crippen LogP contribution is 2.30. The van der Waals surface area contributed by atoms with E-state index in [1.54, 1.807) is 6.20 Å². The van der Waals surface area contributed by atoms with Gasteiger partial charge >= 0.3 is 0 Å². The van der Waals surface area contributed by atoms with Crippen LogP contribution >= 0.6 is 0 Å². The van der Waals surface area contributed by atoms with Gasteiger partial charge in [0.25, 0.3) is 0 Å². The van der Waals surface area contributed by atoms with Gasteiger partial charge < -0.3 is 5.32 Å². The molecule has 0 saturated carbocycles. The molecule has 0 radical (unpaired) electrons. The summed E-state index contributed by atoms with van der Waals surface area (Å²) in [6, 6.07) is 1.49. The highest BCUT2D eigenvalue weighted by atomic mass is 19.1. The van der Waals surface area contributed by atoms with Crippen LogP contribution in [0.15, 0.2) is 18.5 Å². The van der Waals surface area contributed by atoms with Gasteiger partial charge in [0.05, 0.1) is 6.20 Å². The number of nitrogens with zero attached hydrogens (tertiary/aromatic N) is 1. The van der Waals surface area contributed by atoms with Crippen molar-refractivity contribution in [2.45, 2.75) is 25.2 Å². The number of hydrogen-bond acceptors (Lipinski definition) is 2. The zero-order valence-electron chi connectivity index (χ0n) is 8.59. The summed E-state index contributed by atoms with van der Waals surface area (Å²) in [5.74, 6) is -0.262. The van der Waals surface area contributed by atoms with Crippen LogP contribution in [0.5, 0.6) is 0 Å². The number of pyridine rings is 1. The average Bonchev–Trinajstić information content (AvgIpc) is 2.23. The van der Waals surface area contributed by atoms with E-state index in [-0.39, 0.29) is 17.1 Å². The Morgan fingerprint density at radius 1 is 1.53 bits per heavy atom. The Bertz CT molecular complexity index is 382. The Morgan fingerprint density at radius 2 is 2.33 bits per heavy atom. The first kappa shape index (κ1) is 10.1. The number of halogens is 1. The fraction of sp³-hybridized carbons (Fsp3) is 0.455. The number of carbonyl (C=O) groups is 1. The van der Waals surface area contributed by atoms with Crippen molar-refractivity contribution in [2.24, 2.45) is 0 Å². The lowest BCUT2D eigenvalue weighted by Gasteiger charge is -2.33. The maximum Gasteiger partial charge on any atom is 0.220 e. The Labute approximate surface area is 87.7 Å². The molecule has 1 unspecified atom stereocenters. The van der Waals surface area contributed by atoms with E-state index < -0.39 is 0 Å². The molecule has 15 heavy (non-hydrogen) atoms. The van der Waals surface area contributed by atoms with Gasteiger partial charge in [-0.1, -0.05) is 6.92 Å². The molecule has 1 aliphatic heterocycles. The molecule has 4 heteroatoms. The predicted molar refractivity (Wildman–Crippen MR) is 53.8 cm³/mol. The number of carbonyl (C=O) groups excluding carboxylic acids is 1. The third-order valence-electron chi connectivity index (χ3n) is 2.98. The Balaban J connectivity index is 2.25. The number of hydrogen-bond donors (Lipinski definition) is 1. The van der Waals surface area contributed by atoms with Crippen molar-refractivity contribution in [1.29, 1.82) is 0 Å². The quantitative estimate of drug-likeness (QED) is 0.757. The van der Waals surface area contributed by atoms with Crippen LogP contribution in [0.4, 0.5) is 4.39 Å². The molecule has 0 aromatic carbocycles. The fourth-order valence-electron chi connectivity index (χ4n) is 1.85. The van der Waals surface area contributed by atoms with Gasteiger partial charge in [-0.2, -0.15) is 0 Å². The number of nitrogens with one attached hydrogen (secondary N) is 1. The Kier molecular flexibility index (Phi) is 2.42. The third-order valence-corrected chi connectivity index (χ3v) is 2.98. The first-order valence-electron chi connectivity index (χ1n) is 4.98. The lowest BCUT2D eigenvalue weighted by molar-refractivity contribution is -0.123. The average molecular weight is 208 g/mol. The van der Waals surface area contributed by atoms with Crippen molar-refractivity contribution in [3.8, 4) is 0 Å². The molecule has 80 valence electrons. The smallest absolute Gasteiger partial charge is 0.220 e. The van der Waals surface area contributed by atoms with E-state index in [1.165, 1.54) is 12.3 Å². The molecular formula is C11H13FN2O. The van der Waals surface area contributed by atoms with Crippen LogP contribution in [-0.2, 0) is 10.2 Å². The molecule has 1 aliphatic rings. The van der Waals surface area contributed by atoms with E-state index in [2.05, 4.69) is 10.3 Å². The topological polar surface area (TPSA) is 42.0 Å². The lowest BCUT2D eigenvalue weighted by Crippen LogP contribution is -2.44. The van der Waals surface area contributed by atoms with E-state index in [9.17, 15) is 9.18 Å². The third kappa shape index (κ3) is 1.98. The second-order valence-electron chi connectivity index (χ2n) is 4.23. The highest BCUT2D eigenvalue weighted by molar-refractivity contribution is 5.77. The molecular weight excluding hydrogens is 195 g/mol. The van der Waals surface area contributed by atoms with Crippen LogP contribution in [0, 0.1) is 5.82 Å². The van der Waals surface area contributed by atoms with Gasteiger partial charge in [-0.25, -0.2) is 4.39 Å². The number of piperidine rings is 1. The maximum atomic E-state index is 13.0. The van der Waals surface area contributed by atoms with Crippen molar-refractivity contribution in [3.63, 3.8) is 0 Å². The molecule has 2 heterocycles. The summed E-state index contributed by atoms with van der Waals surface area (Å²) >= 11 is 0. The molecule has 0 bridgehead atoms. The summed E-state index contributed by atoms with van der Waals surface area (Å²) in [6.07, 6.45) is 4.09. The van der Waals surface area contributed by atoms with Gasteiger partial charge in [-0.3, -0.25) is 9.78 Å². The van der Waals surface area contributed by atoms with Crippen molar-refractivity contribution in [1.82, 2.24) is 10.3 Å². The van der Waals surface area contributed by atoms with Crippen LogP contribution in [0.2, 0.25) is 0 Å². The minimum Gasteiger partial charge on any atom is -0.355 e. The maximum absolute atomic E-state index is 13.0. The fourth-order valence-corrected chi connectivity index (χ4v) is 1.85. The van der Waals surface area contributed by atoms with Crippen LogP contribution in [0.1, 0.15) is 25.3 Å². The molecule has 1 amide bonds. The monoisotopic (exact) mass is 208 g/mol. The van der Waals surface area contributed by atoms with Gasteiger partial charge in [0.15, 0.2) is 0 Å². The van der Waals surface area contributed by atoms with Crippen LogP contribution in [-0.4, -0.2) is 17.4 Å². The molecule has 1 saturated heterocycles. The van der Waals surface area contributed by atoms with Crippen molar-refractivity contribution < 1.29 is 9.18 Å². The van der Waals surface area contributed by atoms with E-state index in [4.69, 9.17) is 0 Å². The summed E-state index contributed by atoms with van der Waals surface area (Å²) in [6.45, 7) is 2.57. The van der Waals surface area contributed by atoms with Crippen LogP contribution < -0.4 is 5.32 Å². The minimum atomic E-state index is -0.328. The second kappa shape index (κ2) is 3.61. The summed E-state index contributed by atoms with van der Waals surface area (Å²) in [7, 11) is 0. The molecule has 3 nitrogen and oxygen atoms in total. The van der Waals surface area contributed by atoms with Crippen molar-refractivity contribution in [2.75, 3.05) is 6.54 Å². The standard InChI is InChI=1S/C11H13FN2O/c1-11(3-2-10(15)14-7-11)8-4-9(12)6-13-5-8/h4-6H,2-3,7H2,1H3,(H,14,15). The number of amides is 1. The second-order valence-corrected chi connectivity index (χ2v) is 4.23. The Hall–Kier alpha value is -1.45. The van der Waals surface area contributed by atoms with Crippen LogP contribution in [0.3, 0.4) is 0 Å². The normalized spacial score (nSPS) is 26.1. The molecule has 1 fully saturated rings. The summed E-state index contributed by atoms with van der Waals surface area (Å²) in [5, 5.41) is 2.80. The highest BCUT2D eigenvalue weighted by Gasteiger charge is 2.32. The van der Waals surface area contributed by atoms with Crippen LogP contribution in [0.25, 0.3) is 0 Å². The minimum absolute atomic E-state index is 0.0665. The molecule has 0 aliphatic carbocycles. The number of rotatable bonds is 1. The van der Waals surface area contributed by atoms with Gasteiger partial charge in [0.1, 0.15) is 5.82 Å². The van der Waals surface area contributed by atoms with Gasteiger partial charge in [-0.15, -0.1) is 0 Å². The predicted octanol–water partition coefficient (Wildman–Crippen LogP) is 1.39. The van der Waals surface area contributed by atoms with Crippen molar-refractivity contribution in [3.05, 3.63) is 29.8 Å². The van der Waals surface area contributed by atoms with Gasteiger partial charge in [-0.05, 0) is 18.1 Å². The van der Waals surface area contributed by atoms with Crippen molar-refractivity contribution >= 4 is 5.91 Å². The van der Waals surface area contributed by atoms with E-state index >= 15 is 0 Å². The van der Waals surface area contributed by atoms with E-state index in [1.807, 2.05) is 6.92 Å². The molecule has 1 N–H and O–H groups in total. The van der Waals surface area contributed by atoms with E-state index in [0.717, 1.165) is 12.0 Å². The summed E-state index contributed by atoms with van der Waals surface area (Å²) in [5.41, 5.74) is 0.658. The van der Waals surface area contributed by atoms with Gasteiger partial charge in [0, 0.05) is 24.6 Å². The first-order chi connectivity index (χ1) is 7.10. The molecule has 1 atom stereocenters. The summed E-state index contributed by atoms with van der Waals surface area (Å²) < 4.78 is 13.0. The van der Waals surface area contributed by atoms with Gasteiger partial charge in [0.2, 0.25) is 5.91 Å². The number of aromatic nitrogens is 1. The zero-order valence-corrected chi connectivity index (χ0v) is 8.59. The molecule has 1 aromatic rings. The SMILES string of the molecule is CC1(c2cncc(F)c2)CCC(=O)NC1. The Morgan fingerprint density at radius 3 is 2.93 bits per heavy atom. The zero-order chi connectivity index (χ0) is 10.9. The lowest BCUT2D eigenvalue weighted by atomic mass is 9.77. The molecule has 2 rings (SSSR count). The molecule has 1 aromatic heterocycles. The largest absolute Gasteiger partial charge is 0.355 e. The molecule has 0 spiro atoms. The van der Waals surface area contributed by atoms with E-state index in [0.29, 0.717) is 13.0 Å². The first-order valence-corrected chi connectivity index (χ1v) is 4.98. The summed E-state index contributed by atoms with van der Waals surface area (Å²) in [4.78, 5) is 14.9.